The second-order valence-corrected chi connectivity index (χ2v) is 9.79. The predicted octanol–water partition coefficient (Wildman–Crippen LogP) is 0.524. The molecule has 0 saturated carbocycles. The van der Waals surface area contributed by atoms with Gasteiger partial charge < -0.3 is 20.4 Å². The lowest BCUT2D eigenvalue weighted by Crippen LogP contribution is -2.49. The first-order valence-corrected chi connectivity index (χ1v) is 10.1. The molecule has 2 amide bonds. The van der Waals surface area contributed by atoms with E-state index in [4.69, 9.17) is 0 Å². The van der Waals surface area contributed by atoms with Crippen LogP contribution in [0.1, 0.15) is 59.2 Å². The number of aryl methyl sites for hydroxylation is 1. The van der Waals surface area contributed by atoms with Gasteiger partial charge in [0.15, 0.2) is 0 Å². The third kappa shape index (κ3) is 5.54. The molecule has 1 aromatic heterocycles. The molecule has 0 bridgehead atoms. The van der Waals surface area contributed by atoms with E-state index in [-0.39, 0.29) is 36.8 Å². The largest absolute Gasteiger partial charge is 0.396 e. The number of hydrogen-bond acceptors (Lipinski definition) is 6. The monoisotopic (exact) mass is 409 g/mol. The number of β-amino-alcohol motifs (C(OH)–C–C–N with tert-alkyl or cyclic N) is 1. The summed E-state index contributed by atoms with van der Waals surface area (Å²) in [4.78, 5) is 27.1. The van der Waals surface area contributed by atoms with Crippen molar-refractivity contribution in [1.29, 1.82) is 0 Å². The third-order valence-electron chi connectivity index (χ3n) is 5.47. The van der Waals surface area contributed by atoms with Crippen molar-refractivity contribution in [2.24, 2.45) is 10.8 Å². The van der Waals surface area contributed by atoms with Gasteiger partial charge in [0.05, 0.1) is 11.8 Å². The van der Waals surface area contributed by atoms with Crippen molar-refractivity contribution < 1.29 is 19.8 Å². The number of rotatable bonds is 7. The van der Waals surface area contributed by atoms with Crippen molar-refractivity contribution in [1.82, 2.24) is 25.2 Å². The topological polar surface area (TPSA) is 121 Å². The summed E-state index contributed by atoms with van der Waals surface area (Å²) in [5.41, 5.74) is 0.0562. The first kappa shape index (κ1) is 23.3. The zero-order valence-corrected chi connectivity index (χ0v) is 18.3. The number of likely N-dealkylation sites (tertiary alicyclic amines) is 1. The number of aliphatic hydroxyl groups is 2. The van der Waals surface area contributed by atoms with E-state index in [1.165, 1.54) is 11.9 Å². The van der Waals surface area contributed by atoms with Gasteiger partial charge in [-0.1, -0.05) is 39.8 Å². The first-order chi connectivity index (χ1) is 13.4. The Morgan fingerprint density at radius 3 is 2.52 bits per heavy atom. The highest BCUT2D eigenvalue weighted by molar-refractivity contribution is 5.90. The third-order valence-corrected chi connectivity index (χ3v) is 5.47. The van der Waals surface area contributed by atoms with Crippen LogP contribution in [-0.2, 0) is 16.0 Å². The number of nitrogens with zero attached hydrogens (tertiary/aromatic N) is 4. The van der Waals surface area contributed by atoms with Gasteiger partial charge in [-0.15, -0.1) is 5.10 Å². The Hall–Kier alpha value is -2.00. The van der Waals surface area contributed by atoms with Crippen LogP contribution in [0.2, 0.25) is 0 Å². The number of hydrogen-bond donors (Lipinski definition) is 3. The minimum Gasteiger partial charge on any atom is -0.396 e. The molecule has 1 saturated heterocycles. The fourth-order valence-electron chi connectivity index (χ4n) is 3.61. The van der Waals surface area contributed by atoms with E-state index in [0.717, 1.165) is 12.1 Å². The predicted molar refractivity (Wildman–Crippen MR) is 108 cm³/mol. The molecule has 2 rings (SSSR count). The van der Waals surface area contributed by atoms with Crippen LogP contribution in [0.15, 0.2) is 6.20 Å². The average Bonchev–Trinajstić information content (AvgIpc) is 3.25. The van der Waals surface area contributed by atoms with Gasteiger partial charge in [0.25, 0.3) is 0 Å². The highest BCUT2D eigenvalue weighted by Gasteiger charge is 2.45. The van der Waals surface area contributed by atoms with Gasteiger partial charge in [0.2, 0.25) is 11.8 Å². The van der Waals surface area contributed by atoms with Crippen LogP contribution in [0.25, 0.3) is 0 Å². The number of nitrogens with one attached hydrogen (secondary N) is 1. The van der Waals surface area contributed by atoms with E-state index in [1.54, 1.807) is 10.9 Å². The quantitative estimate of drug-likeness (QED) is 0.604. The number of likely N-dealkylation sites (N-methyl/N-ethyl adjacent to an activating group) is 1. The van der Waals surface area contributed by atoms with Crippen molar-refractivity contribution in [2.45, 2.75) is 72.1 Å². The summed E-state index contributed by atoms with van der Waals surface area (Å²) in [6.45, 7) is 9.98. The molecule has 29 heavy (non-hydrogen) atoms. The molecule has 2 heterocycles. The van der Waals surface area contributed by atoms with Gasteiger partial charge >= 0.3 is 0 Å². The maximum absolute atomic E-state index is 13.5. The van der Waals surface area contributed by atoms with Gasteiger partial charge in [-0.25, -0.2) is 4.68 Å². The zero-order valence-electron chi connectivity index (χ0n) is 18.3. The molecule has 1 fully saturated rings. The van der Waals surface area contributed by atoms with Crippen molar-refractivity contribution in [3.63, 3.8) is 0 Å². The molecule has 0 unspecified atom stereocenters. The molecule has 9 nitrogen and oxygen atoms in total. The Bertz CT molecular complexity index is 725. The summed E-state index contributed by atoms with van der Waals surface area (Å²) in [6, 6.07) is -1.35. The Morgan fingerprint density at radius 2 is 1.97 bits per heavy atom. The van der Waals surface area contributed by atoms with E-state index < -0.39 is 23.6 Å². The van der Waals surface area contributed by atoms with Crippen LogP contribution in [0.5, 0.6) is 0 Å². The molecular weight excluding hydrogens is 374 g/mol. The summed E-state index contributed by atoms with van der Waals surface area (Å²) in [7, 11) is 1.52. The maximum Gasteiger partial charge on any atom is 0.248 e. The summed E-state index contributed by atoms with van der Waals surface area (Å²) in [5.74, 6) is -0.539. The molecule has 1 aliphatic rings. The maximum atomic E-state index is 13.5. The summed E-state index contributed by atoms with van der Waals surface area (Å²) in [5, 5.41) is 30.5. The highest BCUT2D eigenvalue weighted by atomic mass is 16.3. The van der Waals surface area contributed by atoms with Crippen LogP contribution in [0.3, 0.4) is 0 Å². The summed E-state index contributed by atoms with van der Waals surface area (Å²) < 4.78 is 1.56. The molecule has 164 valence electrons. The fourth-order valence-corrected chi connectivity index (χ4v) is 3.61. The molecule has 9 heteroatoms. The normalized spacial score (nSPS) is 21.3. The number of carbonyl (C=O) groups is 2. The lowest BCUT2D eigenvalue weighted by Gasteiger charge is -2.34. The number of aliphatic hydroxyl groups excluding tert-OH is 2. The lowest BCUT2D eigenvalue weighted by molar-refractivity contribution is -0.144. The first-order valence-electron chi connectivity index (χ1n) is 10.1. The SMILES string of the molecule is CNC(=O)[C@@H]1C[C@@H](O)CN1C(=O)[C@@H](n1cc(CCC(C)(C)CO)nn1)C(C)(C)C. The second-order valence-electron chi connectivity index (χ2n) is 9.79. The van der Waals surface area contributed by atoms with Crippen LogP contribution < -0.4 is 5.32 Å². The zero-order chi connectivity index (χ0) is 22.0. The van der Waals surface area contributed by atoms with Gasteiger partial charge in [-0.05, 0) is 23.7 Å². The summed E-state index contributed by atoms with van der Waals surface area (Å²) >= 11 is 0. The Morgan fingerprint density at radius 1 is 1.31 bits per heavy atom. The van der Waals surface area contributed by atoms with Crippen LogP contribution in [-0.4, -0.2) is 74.3 Å². The van der Waals surface area contributed by atoms with Gasteiger partial charge in [-0.2, -0.15) is 0 Å². The lowest BCUT2D eigenvalue weighted by atomic mass is 9.85. The molecule has 1 aliphatic heterocycles. The van der Waals surface area contributed by atoms with E-state index >= 15 is 0 Å². The molecular formula is C20H35N5O4. The van der Waals surface area contributed by atoms with Crippen molar-refractivity contribution in [2.75, 3.05) is 20.2 Å². The Labute approximate surface area is 172 Å². The molecule has 3 N–H and O–H groups in total. The Kier molecular flexibility index (Phi) is 7.06. The summed E-state index contributed by atoms with van der Waals surface area (Å²) in [6.07, 6.45) is 2.65. The number of carbonyl (C=O) groups excluding carboxylic acids is 2. The minimum atomic E-state index is -0.728. The van der Waals surface area contributed by atoms with E-state index in [0.29, 0.717) is 6.42 Å². The number of amides is 2. The standard InChI is InChI=1S/C20H35N5O4/c1-19(2,3)16(18(29)24-11-14(27)9-15(24)17(28)21-6)25-10-13(22-23-25)7-8-20(4,5)12-26/h10,14-16,26-27H,7-9,11-12H2,1-6H3,(H,21,28)/t14-,15+,16-/m1/s1. The fraction of sp³-hybridized carbons (Fsp3) is 0.800. The van der Waals surface area contributed by atoms with Crippen molar-refractivity contribution in [3.8, 4) is 0 Å². The number of aromatic nitrogens is 3. The molecule has 3 atom stereocenters. The van der Waals surface area contributed by atoms with E-state index in [2.05, 4.69) is 15.6 Å². The van der Waals surface area contributed by atoms with Crippen molar-refractivity contribution in [3.05, 3.63) is 11.9 Å². The molecule has 0 aromatic carbocycles. The van der Waals surface area contributed by atoms with Crippen LogP contribution in [0, 0.1) is 10.8 Å². The van der Waals surface area contributed by atoms with Crippen LogP contribution in [0.4, 0.5) is 0 Å². The molecule has 1 aromatic rings. The van der Waals surface area contributed by atoms with E-state index in [9.17, 15) is 19.8 Å². The van der Waals surface area contributed by atoms with E-state index in [1.807, 2.05) is 34.6 Å². The molecule has 0 aliphatic carbocycles. The minimum absolute atomic E-state index is 0.0857. The average molecular weight is 410 g/mol. The van der Waals surface area contributed by atoms with Crippen LogP contribution >= 0.6 is 0 Å². The molecule has 0 spiro atoms. The van der Waals surface area contributed by atoms with Crippen molar-refractivity contribution >= 4 is 11.8 Å². The Balaban J connectivity index is 2.26. The van der Waals surface area contributed by atoms with Gasteiger partial charge in [0, 0.05) is 32.8 Å². The smallest absolute Gasteiger partial charge is 0.248 e. The molecule has 0 radical (unpaired) electrons. The van der Waals surface area contributed by atoms with Gasteiger partial charge in [-0.3, -0.25) is 9.59 Å². The second kappa shape index (κ2) is 8.79. The van der Waals surface area contributed by atoms with Gasteiger partial charge in [0.1, 0.15) is 12.1 Å². The highest BCUT2D eigenvalue weighted by Crippen LogP contribution is 2.34.